The molecular weight excluding hydrogens is 340 g/mol. The molecule has 0 saturated carbocycles. The molecule has 1 saturated heterocycles. The van der Waals surface area contributed by atoms with Crippen LogP contribution in [0.4, 0.5) is 0 Å². The molecule has 27 heavy (non-hydrogen) atoms. The molecule has 1 aliphatic heterocycles. The normalized spacial score (nSPS) is 21.0. The average Bonchev–Trinajstić information content (AvgIpc) is 2.62. The van der Waals surface area contributed by atoms with E-state index >= 15 is 0 Å². The van der Waals surface area contributed by atoms with Gasteiger partial charge in [0, 0.05) is 19.0 Å². The fourth-order valence-corrected chi connectivity index (χ4v) is 3.51. The van der Waals surface area contributed by atoms with E-state index in [0.717, 1.165) is 37.2 Å². The fraction of sp³-hybridized carbons (Fsp3) is 0.619. The van der Waals surface area contributed by atoms with Crippen molar-refractivity contribution in [1.29, 1.82) is 0 Å². The Kier molecular flexibility index (Phi) is 6.87. The van der Waals surface area contributed by atoms with Crippen LogP contribution < -0.4 is 15.9 Å². The molecule has 0 aliphatic carbocycles. The highest BCUT2D eigenvalue weighted by Crippen LogP contribution is 2.31. The first-order valence-electron chi connectivity index (χ1n) is 9.66. The zero-order valence-electron chi connectivity index (χ0n) is 17.3. The molecule has 1 aromatic rings. The number of amides is 1. The van der Waals surface area contributed by atoms with Crippen molar-refractivity contribution in [1.82, 2.24) is 10.2 Å². The second-order valence-corrected chi connectivity index (χ2v) is 8.64. The highest BCUT2D eigenvalue weighted by molar-refractivity contribution is 6.40. The molecule has 1 fully saturated rings. The van der Waals surface area contributed by atoms with Crippen molar-refractivity contribution in [3.05, 3.63) is 29.8 Å². The summed E-state index contributed by atoms with van der Waals surface area (Å²) in [5, 5.41) is 7.20. The second-order valence-electron chi connectivity index (χ2n) is 8.64. The first-order valence-corrected chi connectivity index (χ1v) is 9.66. The summed E-state index contributed by atoms with van der Waals surface area (Å²) >= 11 is 0. The minimum absolute atomic E-state index is 0.000263. The Hall–Kier alpha value is -2.08. The van der Waals surface area contributed by atoms with Gasteiger partial charge in [-0.25, -0.2) is 0 Å². The number of piperidine rings is 1. The number of hydrazone groups is 1. The molecule has 0 bridgehead atoms. The first-order chi connectivity index (χ1) is 12.7. The van der Waals surface area contributed by atoms with Gasteiger partial charge in [-0.2, -0.15) is 5.10 Å². The van der Waals surface area contributed by atoms with E-state index in [9.17, 15) is 4.79 Å². The van der Waals surface area contributed by atoms with Crippen LogP contribution in [0.15, 0.2) is 29.4 Å². The Morgan fingerprint density at radius 2 is 2.07 bits per heavy atom. The summed E-state index contributed by atoms with van der Waals surface area (Å²) in [7, 11) is 1.77. The summed E-state index contributed by atoms with van der Waals surface area (Å²) in [4.78, 5) is 14.5. The van der Waals surface area contributed by atoms with Crippen LogP contribution in [0.2, 0.25) is 0 Å². The van der Waals surface area contributed by atoms with Crippen molar-refractivity contribution in [3.63, 3.8) is 0 Å². The average molecular weight is 375 g/mol. The van der Waals surface area contributed by atoms with Crippen molar-refractivity contribution < 1.29 is 9.53 Å². The molecule has 1 amide bonds. The van der Waals surface area contributed by atoms with Crippen molar-refractivity contribution in [2.75, 3.05) is 33.3 Å². The molecule has 1 atom stereocenters. The van der Waals surface area contributed by atoms with E-state index in [1.165, 1.54) is 0 Å². The van der Waals surface area contributed by atoms with Gasteiger partial charge in [0.25, 0.3) is 5.91 Å². The van der Waals surface area contributed by atoms with Crippen molar-refractivity contribution in [2.24, 2.45) is 16.4 Å². The molecule has 0 aromatic heterocycles. The molecule has 0 spiro atoms. The molecule has 6 nitrogen and oxygen atoms in total. The van der Waals surface area contributed by atoms with Crippen LogP contribution in [0.5, 0.6) is 5.75 Å². The largest absolute Gasteiger partial charge is 0.491 e. The highest BCUT2D eigenvalue weighted by Gasteiger charge is 2.37. The molecule has 1 unspecified atom stereocenters. The van der Waals surface area contributed by atoms with Crippen LogP contribution in [0.1, 0.15) is 46.1 Å². The molecule has 150 valence electrons. The van der Waals surface area contributed by atoms with Gasteiger partial charge in [-0.05, 0) is 36.4 Å². The summed E-state index contributed by atoms with van der Waals surface area (Å²) in [6.07, 6.45) is 1.92. The Labute approximate surface area is 163 Å². The summed E-state index contributed by atoms with van der Waals surface area (Å²) in [5.41, 5.74) is 1.27. The number of carbonyl (C=O) groups is 1. The maximum absolute atomic E-state index is 12.9. The minimum atomic E-state index is -0.321. The van der Waals surface area contributed by atoms with Crippen LogP contribution in [0, 0.1) is 5.41 Å². The monoisotopic (exact) mass is 374 g/mol. The van der Waals surface area contributed by atoms with Crippen molar-refractivity contribution in [2.45, 2.75) is 46.0 Å². The molecular formula is C21H34N4O2. The number of rotatable bonds is 6. The number of nitrogens with zero attached hydrogens (tertiary/aromatic N) is 2. The van der Waals surface area contributed by atoms with Gasteiger partial charge in [0.05, 0.1) is 6.54 Å². The minimum Gasteiger partial charge on any atom is -0.491 e. The standard InChI is InChI=1S/C21H34N4O2/c1-20(2,3)16-9-6-7-10-17(16)27-14-13-25(5)19(26)18(24-22)21(4)11-8-12-23-15-21/h6-7,9-10,23H,8,11-15,22H2,1-5H3. The van der Waals surface area contributed by atoms with Crippen LogP contribution in [-0.2, 0) is 10.2 Å². The van der Waals surface area contributed by atoms with Crippen LogP contribution in [-0.4, -0.2) is 49.8 Å². The number of likely N-dealkylation sites (N-methyl/N-ethyl adjacent to an activating group) is 1. The van der Waals surface area contributed by atoms with Crippen molar-refractivity contribution >= 4 is 11.6 Å². The third-order valence-electron chi connectivity index (χ3n) is 5.23. The maximum Gasteiger partial charge on any atom is 0.270 e. The number of carbonyl (C=O) groups excluding carboxylic acids is 1. The lowest BCUT2D eigenvalue weighted by Crippen LogP contribution is -2.50. The molecule has 1 aromatic carbocycles. The molecule has 6 heteroatoms. The first kappa shape index (κ1) is 21.2. The summed E-state index contributed by atoms with van der Waals surface area (Å²) < 4.78 is 5.99. The number of nitrogens with one attached hydrogen (secondary N) is 1. The number of ether oxygens (including phenoxy) is 1. The summed E-state index contributed by atoms with van der Waals surface area (Å²) in [6, 6.07) is 8.05. The molecule has 1 heterocycles. The lowest BCUT2D eigenvalue weighted by Gasteiger charge is -2.35. The van der Waals surface area contributed by atoms with E-state index in [-0.39, 0.29) is 16.7 Å². The number of hydrogen-bond acceptors (Lipinski definition) is 5. The predicted molar refractivity (Wildman–Crippen MR) is 110 cm³/mol. The van der Waals surface area contributed by atoms with E-state index in [2.05, 4.69) is 37.3 Å². The van der Waals surface area contributed by atoms with Crippen LogP contribution in [0.25, 0.3) is 0 Å². The topological polar surface area (TPSA) is 80.0 Å². The fourth-order valence-electron chi connectivity index (χ4n) is 3.51. The van der Waals surface area contributed by atoms with E-state index < -0.39 is 0 Å². The van der Waals surface area contributed by atoms with E-state index in [1.807, 2.05) is 25.1 Å². The van der Waals surface area contributed by atoms with E-state index in [0.29, 0.717) is 18.9 Å². The summed E-state index contributed by atoms with van der Waals surface area (Å²) in [5.74, 6) is 6.33. The summed E-state index contributed by atoms with van der Waals surface area (Å²) in [6.45, 7) is 11.1. The molecule has 3 N–H and O–H groups in total. The molecule has 2 rings (SSSR count). The Morgan fingerprint density at radius 3 is 2.67 bits per heavy atom. The number of hydrogen-bond donors (Lipinski definition) is 2. The predicted octanol–water partition coefficient (Wildman–Crippen LogP) is 2.53. The smallest absolute Gasteiger partial charge is 0.270 e. The van der Waals surface area contributed by atoms with Crippen LogP contribution in [0.3, 0.4) is 0 Å². The highest BCUT2D eigenvalue weighted by atomic mass is 16.5. The van der Waals surface area contributed by atoms with E-state index in [4.69, 9.17) is 10.6 Å². The lowest BCUT2D eigenvalue weighted by molar-refractivity contribution is -0.123. The van der Waals surface area contributed by atoms with Gasteiger partial charge in [0.2, 0.25) is 0 Å². The third kappa shape index (κ3) is 5.22. The molecule has 0 radical (unpaired) electrons. The quantitative estimate of drug-likeness (QED) is 0.455. The Bertz CT molecular complexity index is 673. The van der Waals surface area contributed by atoms with Gasteiger partial charge in [0.1, 0.15) is 18.1 Å². The SMILES string of the molecule is CN(CCOc1ccccc1C(C)(C)C)C(=O)C(=NN)C1(C)CCCNC1. The lowest BCUT2D eigenvalue weighted by atomic mass is 9.78. The maximum atomic E-state index is 12.9. The third-order valence-corrected chi connectivity index (χ3v) is 5.23. The van der Waals surface area contributed by atoms with Gasteiger partial charge >= 0.3 is 0 Å². The number of para-hydroxylation sites is 1. The van der Waals surface area contributed by atoms with Gasteiger partial charge < -0.3 is 20.8 Å². The Morgan fingerprint density at radius 1 is 1.37 bits per heavy atom. The van der Waals surface area contributed by atoms with Crippen LogP contribution >= 0.6 is 0 Å². The van der Waals surface area contributed by atoms with Crippen molar-refractivity contribution in [3.8, 4) is 5.75 Å². The number of nitrogens with two attached hydrogens (primary N) is 1. The Balaban J connectivity index is 1.97. The molecule has 1 aliphatic rings. The van der Waals surface area contributed by atoms with Gasteiger partial charge in [-0.1, -0.05) is 45.9 Å². The zero-order chi connectivity index (χ0) is 20.1. The van der Waals surface area contributed by atoms with E-state index in [1.54, 1.807) is 11.9 Å². The van der Waals surface area contributed by atoms with Gasteiger partial charge in [-0.3, -0.25) is 4.79 Å². The van der Waals surface area contributed by atoms with Gasteiger partial charge in [0.15, 0.2) is 0 Å². The second kappa shape index (κ2) is 8.74. The zero-order valence-corrected chi connectivity index (χ0v) is 17.3. The van der Waals surface area contributed by atoms with Gasteiger partial charge in [-0.15, -0.1) is 0 Å². The number of benzene rings is 1.